The van der Waals surface area contributed by atoms with Crippen LogP contribution in [0.2, 0.25) is 0 Å². The molecule has 1 unspecified atom stereocenters. The molecule has 0 spiro atoms. The van der Waals surface area contributed by atoms with Crippen molar-refractivity contribution < 1.29 is 4.74 Å². The highest BCUT2D eigenvalue weighted by Gasteiger charge is 2.18. The SMILES string of the molecule is COc1ccc2c(c1)nc(C(C)Cl)n2-c1ccccc1I. The summed E-state index contributed by atoms with van der Waals surface area (Å²) < 4.78 is 8.55. The van der Waals surface area contributed by atoms with E-state index < -0.39 is 0 Å². The molecule has 0 amide bonds. The van der Waals surface area contributed by atoms with Crippen LogP contribution >= 0.6 is 34.2 Å². The molecule has 108 valence electrons. The van der Waals surface area contributed by atoms with Crippen LogP contribution < -0.4 is 4.74 Å². The zero-order valence-electron chi connectivity index (χ0n) is 11.7. The Hall–Kier alpha value is -1.27. The first-order valence-corrected chi connectivity index (χ1v) is 8.08. The number of ether oxygens (including phenoxy) is 1. The molecule has 0 bridgehead atoms. The minimum Gasteiger partial charge on any atom is -0.497 e. The second-order valence-corrected chi connectivity index (χ2v) is 6.54. The molecule has 5 heteroatoms. The van der Waals surface area contributed by atoms with E-state index in [1.807, 2.05) is 37.3 Å². The van der Waals surface area contributed by atoms with E-state index in [2.05, 4.69) is 44.3 Å². The largest absolute Gasteiger partial charge is 0.497 e. The molecule has 0 fully saturated rings. The summed E-state index contributed by atoms with van der Waals surface area (Å²) in [6.07, 6.45) is 0. The van der Waals surface area contributed by atoms with Gasteiger partial charge in [0.15, 0.2) is 0 Å². The number of nitrogens with zero attached hydrogens (tertiary/aromatic N) is 2. The lowest BCUT2D eigenvalue weighted by Crippen LogP contribution is -2.03. The van der Waals surface area contributed by atoms with E-state index >= 15 is 0 Å². The summed E-state index contributed by atoms with van der Waals surface area (Å²) in [6.45, 7) is 1.94. The molecule has 0 N–H and O–H groups in total. The Labute approximate surface area is 142 Å². The lowest BCUT2D eigenvalue weighted by atomic mass is 10.2. The Kier molecular flexibility index (Phi) is 4.08. The van der Waals surface area contributed by atoms with Crippen molar-refractivity contribution in [1.82, 2.24) is 9.55 Å². The lowest BCUT2D eigenvalue weighted by Gasteiger charge is -2.12. The van der Waals surface area contributed by atoms with Crippen molar-refractivity contribution in [2.45, 2.75) is 12.3 Å². The summed E-state index contributed by atoms with van der Waals surface area (Å²) in [5, 5.41) is -0.181. The maximum absolute atomic E-state index is 6.34. The Morgan fingerprint density at radius 2 is 2.00 bits per heavy atom. The number of para-hydroxylation sites is 1. The molecular weight excluding hydrogens is 399 g/mol. The van der Waals surface area contributed by atoms with E-state index in [9.17, 15) is 0 Å². The first-order valence-electron chi connectivity index (χ1n) is 6.57. The van der Waals surface area contributed by atoms with E-state index in [0.29, 0.717) is 0 Å². The fourth-order valence-electron chi connectivity index (χ4n) is 2.36. The van der Waals surface area contributed by atoms with Gasteiger partial charge in [0.05, 0.1) is 29.2 Å². The summed E-state index contributed by atoms with van der Waals surface area (Å²) in [5.74, 6) is 1.63. The molecule has 1 heterocycles. The number of hydrogen-bond acceptors (Lipinski definition) is 2. The van der Waals surface area contributed by atoms with Crippen LogP contribution in [-0.2, 0) is 0 Å². The van der Waals surface area contributed by atoms with Crippen LogP contribution in [0.4, 0.5) is 0 Å². The van der Waals surface area contributed by atoms with Crippen LogP contribution in [0.3, 0.4) is 0 Å². The van der Waals surface area contributed by atoms with Gasteiger partial charge < -0.3 is 4.74 Å². The van der Waals surface area contributed by atoms with Gasteiger partial charge in [0.2, 0.25) is 0 Å². The zero-order chi connectivity index (χ0) is 15.0. The topological polar surface area (TPSA) is 27.1 Å². The number of aromatic nitrogens is 2. The normalized spacial score (nSPS) is 12.6. The predicted octanol–water partition coefficient (Wildman–Crippen LogP) is 4.94. The number of imidazole rings is 1. The highest BCUT2D eigenvalue weighted by atomic mass is 127. The van der Waals surface area contributed by atoms with E-state index in [1.165, 1.54) is 0 Å². The smallest absolute Gasteiger partial charge is 0.132 e. The van der Waals surface area contributed by atoms with Crippen LogP contribution in [-0.4, -0.2) is 16.7 Å². The number of hydrogen-bond donors (Lipinski definition) is 0. The minimum absolute atomic E-state index is 0.181. The fraction of sp³-hybridized carbons (Fsp3) is 0.188. The van der Waals surface area contributed by atoms with E-state index in [-0.39, 0.29) is 5.38 Å². The first kappa shape index (κ1) is 14.7. The Bertz CT molecular complexity index is 798. The molecule has 0 aliphatic carbocycles. The van der Waals surface area contributed by atoms with Gasteiger partial charge in [-0.05, 0) is 53.8 Å². The number of benzene rings is 2. The van der Waals surface area contributed by atoms with Gasteiger partial charge in [-0.25, -0.2) is 4.98 Å². The van der Waals surface area contributed by atoms with Gasteiger partial charge in [-0.15, -0.1) is 11.6 Å². The average molecular weight is 413 g/mol. The molecule has 0 aliphatic rings. The van der Waals surface area contributed by atoms with Crippen LogP contribution in [0, 0.1) is 3.57 Å². The van der Waals surface area contributed by atoms with Gasteiger partial charge in [0.1, 0.15) is 11.6 Å². The number of methoxy groups -OCH3 is 1. The van der Waals surface area contributed by atoms with Crippen LogP contribution in [0.15, 0.2) is 42.5 Å². The minimum atomic E-state index is -0.181. The average Bonchev–Trinajstić information content (AvgIpc) is 2.86. The maximum Gasteiger partial charge on any atom is 0.132 e. The van der Waals surface area contributed by atoms with Crippen molar-refractivity contribution in [2.24, 2.45) is 0 Å². The highest BCUT2D eigenvalue weighted by Crippen LogP contribution is 2.31. The lowest BCUT2D eigenvalue weighted by molar-refractivity contribution is 0.415. The second-order valence-electron chi connectivity index (χ2n) is 4.73. The summed E-state index contributed by atoms with van der Waals surface area (Å²) in [7, 11) is 1.66. The van der Waals surface area contributed by atoms with Gasteiger partial charge in [-0.3, -0.25) is 4.57 Å². The third-order valence-electron chi connectivity index (χ3n) is 3.34. The van der Waals surface area contributed by atoms with Gasteiger partial charge in [-0.1, -0.05) is 12.1 Å². The Morgan fingerprint density at radius 1 is 1.24 bits per heavy atom. The summed E-state index contributed by atoms with van der Waals surface area (Å²) in [6, 6.07) is 14.1. The van der Waals surface area contributed by atoms with Crippen molar-refractivity contribution in [2.75, 3.05) is 7.11 Å². The highest BCUT2D eigenvalue weighted by molar-refractivity contribution is 14.1. The monoisotopic (exact) mass is 412 g/mol. The third-order valence-corrected chi connectivity index (χ3v) is 4.44. The van der Waals surface area contributed by atoms with Crippen LogP contribution in [0.5, 0.6) is 5.75 Å². The van der Waals surface area contributed by atoms with Crippen molar-refractivity contribution in [1.29, 1.82) is 0 Å². The van der Waals surface area contributed by atoms with Crippen molar-refractivity contribution in [3.63, 3.8) is 0 Å². The van der Waals surface area contributed by atoms with E-state index in [4.69, 9.17) is 16.3 Å². The molecule has 1 atom stereocenters. The molecule has 3 nitrogen and oxygen atoms in total. The maximum atomic E-state index is 6.34. The van der Waals surface area contributed by atoms with Gasteiger partial charge in [0.25, 0.3) is 0 Å². The van der Waals surface area contributed by atoms with Crippen molar-refractivity contribution in [3.8, 4) is 11.4 Å². The number of fused-ring (bicyclic) bond motifs is 1. The van der Waals surface area contributed by atoms with Crippen LogP contribution in [0.25, 0.3) is 16.7 Å². The number of rotatable bonds is 3. The molecule has 1 aromatic heterocycles. The fourth-order valence-corrected chi connectivity index (χ4v) is 3.13. The predicted molar refractivity (Wildman–Crippen MR) is 94.6 cm³/mol. The first-order chi connectivity index (χ1) is 10.1. The molecular formula is C16H14ClIN2O. The number of alkyl halides is 1. The summed E-state index contributed by atoms with van der Waals surface area (Å²) in [4.78, 5) is 4.69. The second kappa shape index (κ2) is 5.85. The molecule has 3 aromatic rings. The molecule has 0 radical (unpaired) electrons. The van der Waals surface area contributed by atoms with Crippen molar-refractivity contribution in [3.05, 3.63) is 51.9 Å². The van der Waals surface area contributed by atoms with Gasteiger partial charge in [-0.2, -0.15) is 0 Å². The zero-order valence-corrected chi connectivity index (χ0v) is 14.6. The summed E-state index contributed by atoms with van der Waals surface area (Å²) in [5.41, 5.74) is 3.01. The van der Waals surface area contributed by atoms with Crippen LogP contribution in [0.1, 0.15) is 18.1 Å². The molecule has 3 rings (SSSR count). The van der Waals surface area contributed by atoms with Gasteiger partial charge >= 0.3 is 0 Å². The molecule has 0 aliphatic heterocycles. The molecule has 2 aromatic carbocycles. The Morgan fingerprint density at radius 3 is 2.67 bits per heavy atom. The molecule has 0 saturated heterocycles. The standard InChI is InChI=1S/C16H14ClIN2O/c1-10(17)16-19-13-9-11(21-2)7-8-15(13)20(16)14-6-4-3-5-12(14)18/h3-10H,1-2H3. The van der Waals surface area contributed by atoms with E-state index in [0.717, 1.165) is 31.9 Å². The third kappa shape index (κ3) is 2.62. The molecule has 21 heavy (non-hydrogen) atoms. The van der Waals surface area contributed by atoms with Crippen molar-refractivity contribution >= 4 is 45.2 Å². The van der Waals surface area contributed by atoms with Gasteiger partial charge in [0, 0.05) is 9.64 Å². The quantitative estimate of drug-likeness (QED) is 0.450. The summed E-state index contributed by atoms with van der Waals surface area (Å²) >= 11 is 8.67. The van der Waals surface area contributed by atoms with E-state index in [1.54, 1.807) is 7.11 Å². The number of halogens is 2. The Balaban J connectivity index is 2.34. The molecule has 0 saturated carbocycles.